The summed E-state index contributed by atoms with van der Waals surface area (Å²) in [6, 6.07) is 13.3. The first-order valence-electron chi connectivity index (χ1n) is 8.63. The molecule has 0 fully saturated rings. The Balaban J connectivity index is 0.00000196. The van der Waals surface area contributed by atoms with Crippen LogP contribution in [0.1, 0.15) is 29.7 Å². The first-order valence-corrected chi connectivity index (χ1v) is 10.1. The van der Waals surface area contributed by atoms with Crippen LogP contribution in [-0.4, -0.2) is 27.6 Å². The van der Waals surface area contributed by atoms with Crippen molar-refractivity contribution in [2.75, 3.05) is 13.1 Å². The van der Waals surface area contributed by atoms with E-state index in [0.29, 0.717) is 11.4 Å². The van der Waals surface area contributed by atoms with E-state index in [1.807, 2.05) is 19.1 Å². The molecule has 5 nitrogen and oxygen atoms in total. The Morgan fingerprint density at radius 3 is 2.85 bits per heavy atom. The predicted octanol–water partition coefficient (Wildman–Crippen LogP) is 2.60. The lowest BCUT2D eigenvalue weighted by Gasteiger charge is -2.27. The predicted molar refractivity (Wildman–Crippen MR) is 104 cm³/mol. The number of halogens is 1. The summed E-state index contributed by atoms with van der Waals surface area (Å²) in [5.74, 6) is 0.786. The van der Waals surface area contributed by atoms with Crippen molar-refractivity contribution in [1.29, 1.82) is 0 Å². The SMILES string of the molecule is CC1Cc2cc(S(=O)(=O)NCC3NCCc4ccccc43)ccc2O1.Cl. The van der Waals surface area contributed by atoms with Gasteiger partial charge in [0.25, 0.3) is 0 Å². The molecular weight excluding hydrogens is 372 g/mol. The van der Waals surface area contributed by atoms with Gasteiger partial charge in [0.05, 0.1) is 4.90 Å². The van der Waals surface area contributed by atoms with Crippen molar-refractivity contribution in [3.63, 3.8) is 0 Å². The molecule has 0 bridgehead atoms. The minimum absolute atomic E-state index is 0. The van der Waals surface area contributed by atoms with Crippen LogP contribution in [0.3, 0.4) is 0 Å². The zero-order valence-electron chi connectivity index (χ0n) is 14.6. The molecule has 2 atom stereocenters. The van der Waals surface area contributed by atoms with E-state index in [4.69, 9.17) is 4.74 Å². The molecule has 2 unspecified atom stereocenters. The highest BCUT2D eigenvalue weighted by Crippen LogP contribution is 2.30. The number of sulfonamides is 1. The summed E-state index contributed by atoms with van der Waals surface area (Å²) in [5, 5.41) is 3.40. The Morgan fingerprint density at radius 1 is 1.19 bits per heavy atom. The van der Waals surface area contributed by atoms with Crippen LogP contribution in [-0.2, 0) is 22.9 Å². The summed E-state index contributed by atoms with van der Waals surface area (Å²) in [6.45, 7) is 3.18. The molecule has 2 aromatic rings. The molecule has 0 saturated heterocycles. The van der Waals surface area contributed by atoms with E-state index in [9.17, 15) is 8.42 Å². The van der Waals surface area contributed by atoms with Crippen molar-refractivity contribution in [3.05, 3.63) is 59.2 Å². The van der Waals surface area contributed by atoms with E-state index in [1.54, 1.807) is 18.2 Å². The molecule has 140 valence electrons. The molecule has 26 heavy (non-hydrogen) atoms. The maximum absolute atomic E-state index is 12.7. The van der Waals surface area contributed by atoms with Crippen LogP contribution < -0.4 is 14.8 Å². The minimum atomic E-state index is -3.55. The van der Waals surface area contributed by atoms with Gasteiger partial charge in [-0.2, -0.15) is 0 Å². The molecule has 0 radical (unpaired) electrons. The number of nitrogens with one attached hydrogen (secondary N) is 2. The molecule has 0 aliphatic carbocycles. The number of rotatable bonds is 4. The van der Waals surface area contributed by atoms with E-state index in [1.165, 1.54) is 11.1 Å². The van der Waals surface area contributed by atoms with Crippen LogP contribution in [0.2, 0.25) is 0 Å². The fraction of sp³-hybridized carbons (Fsp3) is 0.368. The van der Waals surface area contributed by atoms with Gasteiger partial charge in [-0.05, 0) is 54.8 Å². The lowest BCUT2D eigenvalue weighted by atomic mass is 9.95. The zero-order valence-corrected chi connectivity index (χ0v) is 16.2. The van der Waals surface area contributed by atoms with Gasteiger partial charge in [-0.1, -0.05) is 24.3 Å². The molecule has 2 heterocycles. The second kappa shape index (κ2) is 7.56. The second-order valence-corrected chi connectivity index (χ2v) is 8.48. The van der Waals surface area contributed by atoms with Gasteiger partial charge >= 0.3 is 0 Å². The fourth-order valence-corrected chi connectivity index (χ4v) is 4.71. The standard InChI is InChI=1S/C19H22N2O3S.ClH/c1-13-10-15-11-16(6-7-19(15)24-13)25(22,23)21-12-18-17-5-3-2-4-14(17)8-9-20-18;/h2-7,11,13,18,20-21H,8-10,12H2,1H3;1H. The summed E-state index contributed by atoms with van der Waals surface area (Å²) in [5.41, 5.74) is 3.42. The number of hydrogen-bond donors (Lipinski definition) is 2. The van der Waals surface area contributed by atoms with Crippen LogP contribution in [0, 0.1) is 0 Å². The van der Waals surface area contributed by atoms with E-state index < -0.39 is 10.0 Å². The summed E-state index contributed by atoms with van der Waals surface area (Å²) < 4.78 is 33.8. The summed E-state index contributed by atoms with van der Waals surface area (Å²) in [7, 11) is -3.55. The second-order valence-electron chi connectivity index (χ2n) is 6.71. The number of hydrogen-bond acceptors (Lipinski definition) is 4. The molecule has 2 aromatic carbocycles. The van der Waals surface area contributed by atoms with Gasteiger partial charge in [0.1, 0.15) is 11.9 Å². The molecule has 0 amide bonds. The van der Waals surface area contributed by atoms with Crippen molar-refractivity contribution in [2.45, 2.75) is 36.8 Å². The monoisotopic (exact) mass is 394 g/mol. The number of ether oxygens (including phenoxy) is 1. The van der Waals surface area contributed by atoms with Crippen molar-refractivity contribution < 1.29 is 13.2 Å². The summed E-state index contributed by atoms with van der Waals surface area (Å²) in [4.78, 5) is 0.299. The molecule has 0 aromatic heterocycles. The highest BCUT2D eigenvalue weighted by molar-refractivity contribution is 7.89. The van der Waals surface area contributed by atoms with Gasteiger partial charge in [-0.15, -0.1) is 12.4 Å². The van der Waals surface area contributed by atoms with Gasteiger partial charge < -0.3 is 10.1 Å². The topological polar surface area (TPSA) is 67.4 Å². The molecule has 2 aliphatic heterocycles. The van der Waals surface area contributed by atoms with Gasteiger partial charge in [-0.3, -0.25) is 0 Å². The third-order valence-electron chi connectivity index (χ3n) is 4.87. The molecule has 2 N–H and O–H groups in total. The van der Waals surface area contributed by atoms with Crippen LogP contribution >= 0.6 is 12.4 Å². The minimum Gasteiger partial charge on any atom is -0.490 e. The van der Waals surface area contributed by atoms with E-state index in [2.05, 4.69) is 22.2 Å². The number of fused-ring (bicyclic) bond motifs is 2. The normalized spacial score (nSPS) is 21.3. The zero-order chi connectivity index (χ0) is 17.4. The van der Waals surface area contributed by atoms with Crippen LogP contribution in [0.4, 0.5) is 0 Å². The average Bonchev–Trinajstić information content (AvgIpc) is 2.99. The molecule has 0 saturated carbocycles. The smallest absolute Gasteiger partial charge is 0.240 e. The lowest BCUT2D eigenvalue weighted by molar-refractivity contribution is 0.254. The van der Waals surface area contributed by atoms with Crippen molar-refractivity contribution in [2.24, 2.45) is 0 Å². The largest absolute Gasteiger partial charge is 0.490 e. The number of benzene rings is 2. The molecule has 0 spiro atoms. The lowest BCUT2D eigenvalue weighted by Crippen LogP contribution is -2.38. The molecular formula is C19H23ClN2O3S. The third kappa shape index (κ3) is 3.74. The van der Waals surface area contributed by atoms with Gasteiger partial charge in [0, 0.05) is 19.0 Å². The van der Waals surface area contributed by atoms with Crippen molar-refractivity contribution >= 4 is 22.4 Å². The Morgan fingerprint density at radius 2 is 2.00 bits per heavy atom. The highest BCUT2D eigenvalue weighted by Gasteiger charge is 2.25. The summed E-state index contributed by atoms with van der Waals surface area (Å²) in [6.07, 6.45) is 1.82. The van der Waals surface area contributed by atoms with E-state index in [-0.39, 0.29) is 24.6 Å². The average molecular weight is 395 g/mol. The molecule has 4 rings (SSSR count). The maximum atomic E-state index is 12.7. The Hall–Kier alpha value is -1.60. The Bertz CT molecular complexity index is 901. The molecule has 7 heteroatoms. The first-order chi connectivity index (χ1) is 12.0. The Kier molecular flexibility index (Phi) is 5.58. The van der Waals surface area contributed by atoms with Gasteiger partial charge in [-0.25, -0.2) is 13.1 Å². The third-order valence-corrected chi connectivity index (χ3v) is 6.29. The van der Waals surface area contributed by atoms with Gasteiger partial charge in [0.2, 0.25) is 10.0 Å². The first kappa shape index (κ1) is 19.2. The van der Waals surface area contributed by atoms with Gasteiger partial charge in [0.15, 0.2) is 0 Å². The molecule has 2 aliphatic rings. The van der Waals surface area contributed by atoms with Crippen molar-refractivity contribution in [1.82, 2.24) is 10.0 Å². The quantitative estimate of drug-likeness (QED) is 0.836. The highest BCUT2D eigenvalue weighted by atomic mass is 35.5. The Labute approximate surface area is 160 Å². The van der Waals surface area contributed by atoms with Crippen LogP contribution in [0.25, 0.3) is 0 Å². The van der Waals surface area contributed by atoms with Crippen LogP contribution in [0.15, 0.2) is 47.4 Å². The van der Waals surface area contributed by atoms with Crippen molar-refractivity contribution in [3.8, 4) is 5.75 Å². The van der Waals surface area contributed by atoms with E-state index in [0.717, 1.165) is 30.7 Å². The fourth-order valence-electron chi connectivity index (χ4n) is 3.62. The maximum Gasteiger partial charge on any atom is 0.240 e. The van der Waals surface area contributed by atoms with Crippen LogP contribution in [0.5, 0.6) is 5.75 Å². The summed E-state index contributed by atoms with van der Waals surface area (Å²) >= 11 is 0. The van der Waals surface area contributed by atoms with E-state index >= 15 is 0 Å².